The van der Waals surface area contributed by atoms with Crippen molar-refractivity contribution in [3.05, 3.63) is 48.0 Å². The van der Waals surface area contributed by atoms with Gasteiger partial charge in [0.25, 0.3) is 0 Å². The van der Waals surface area contributed by atoms with Gasteiger partial charge in [0.05, 0.1) is 6.61 Å². The molecule has 23 heavy (non-hydrogen) atoms. The van der Waals surface area contributed by atoms with Crippen molar-refractivity contribution in [3.8, 4) is 0 Å². The lowest BCUT2D eigenvalue weighted by Crippen LogP contribution is -2.37. The van der Waals surface area contributed by atoms with E-state index in [-0.39, 0.29) is 0 Å². The fraction of sp³-hybridized carbons (Fsp3) is 0.450. The third kappa shape index (κ3) is 3.91. The maximum absolute atomic E-state index is 12.6. The molecule has 1 unspecified atom stereocenters. The van der Waals surface area contributed by atoms with Crippen LogP contribution in [-0.4, -0.2) is 17.7 Å². The quantitative estimate of drug-likeness (QED) is 0.574. The summed E-state index contributed by atoms with van der Waals surface area (Å²) in [6, 6.07) is 13.5. The lowest BCUT2D eigenvalue weighted by atomic mass is 9.85. The number of esters is 1. The van der Waals surface area contributed by atoms with E-state index in [1.165, 1.54) is 0 Å². The molecule has 3 heteroatoms. The summed E-state index contributed by atoms with van der Waals surface area (Å²) < 4.78 is 5.36. The van der Waals surface area contributed by atoms with Gasteiger partial charge in [0.15, 0.2) is 5.60 Å². The summed E-state index contributed by atoms with van der Waals surface area (Å²) in [5, 5.41) is 13.1. The van der Waals surface area contributed by atoms with Gasteiger partial charge in [-0.1, -0.05) is 69.2 Å². The standard InChI is InChI=1S/C20H26O3/c1-3-5-14-20(22,19(21)23-15-6-4-2)18-13-9-11-16-10-7-8-12-17(16)18/h7-13,22H,3-6,14-15H2,1-2H3. The van der Waals surface area contributed by atoms with Crippen LogP contribution in [0.2, 0.25) is 0 Å². The Morgan fingerprint density at radius 3 is 2.48 bits per heavy atom. The van der Waals surface area contributed by atoms with Crippen molar-refractivity contribution >= 4 is 16.7 Å². The Hall–Kier alpha value is -1.87. The fourth-order valence-electron chi connectivity index (χ4n) is 2.79. The predicted octanol–water partition coefficient (Wildman–Crippen LogP) is 4.56. The molecule has 2 aromatic carbocycles. The van der Waals surface area contributed by atoms with Crippen molar-refractivity contribution in [2.75, 3.05) is 6.61 Å². The maximum atomic E-state index is 12.6. The van der Waals surface area contributed by atoms with Crippen LogP contribution in [0.15, 0.2) is 42.5 Å². The first-order valence-electron chi connectivity index (χ1n) is 8.51. The Bertz CT molecular complexity index is 645. The molecule has 1 atom stereocenters. The summed E-state index contributed by atoms with van der Waals surface area (Å²) in [5.41, 5.74) is -0.935. The Kier molecular flexibility index (Phi) is 6.17. The summed E-state index contributed by atoms with van der Waals surface area (Å²) in [7, 11) is 0. The van der Waals surface area contributed by atoms with Gasteiger partial charge in [0.2, 0.25) is 0 Å². The summed E-state index contributed by atoms with van der Waals surface area (Å²) >= 11 is 0. The zero-order chi connectivity index (χ0) is 16.7. The molecule has 1 N–H and O–H groups in total. The van der Waals surface area contributed by atoms with Gasteiger partial charge in [0, 0.05) is 5.56 Å². The van der Waals surface area contributed by atoms with E-state index in [1.54, 1.807) is 0 Å². The van der Waals surface area contributed by atoms with Crippen LogP contribution in [0.1, 0.15) is 51.5 Å². The zero-order valence-corrected chi connectivity index (χ0v) is 14.0. The molecular formula is C20H26O3. The summed E-state index contributed by atoms with van der Waals surface area (Å²) in [6.07, 6.45) is 3.82. The topological polar surface area (TPSA) is 46.5 Å². The SMILES string of the molecule is CCCCOC(=O)C(O)(CCCC)c1cccc2ccccc12. The first-order valence-corrected chi connectivity index (χ1v) is 8.51. The largest absolute Gasteiger partial charge is 0.463 e. The third-order valence-electron chi connectivity index (χ3n) is 4.20. The Labute approximate surface area is 138 Å². The molecule has 0 aromatic heterocycles. The molecule has 2 aromatic rings. The van der Waals surface area contributed by atoms with E-state index in [4.69, 9.17) is 4.74 Å². The highest BCUT2D eigenvalue weighted by Gasteiger charge is 2.40. The second kappa shape index (κ2) is 8.11. The average Bonchev–Trinajstić information content (AvgIpc) is 2.59. The molecule has 0 aliphatic rings. The minimum absolute atomic E-state index is 0.356. The normalized spacial score (nSPS) is 13.7. The number of rotatable bonds is 8. The van der Waals surface area contributed by atoms with E-state index in [2.05, 4.69) is 0 Å². The molecular weight excluding hydrogens is 288 g/mol. The average molecular weight is 314 g/mol. The second-order valence-electron chi connectivity index (χ2n) is 5.98. The smallest absolute Gasteiger partial charge is 0.342 e. The molecule has 0 radical (unpaired) electrons. The van der Waals surface area contributed by atoms with Crippen LogP contribution in [0.5, 0.6) is 0 Å². The van der Waals surface area contributed by atoms with Crippen molar-refractivity contribution in [2.45, 2.75) is 51.6 Å². The highest BCUT2D eigenvalue weighted by atomic mass is 16.5. The van der Waals surface area contributed by atoms with Crippen LogP contribution in [0.3, 0.4) is 0 Å². The fourth-order valence-corrected chi connectivity index (χ4v) is 2.79. The van der Waals surface area contributed by atoms with Gasteiger partial charge in [0.1, 0.15) is 0 Å². The van der Waals surface area contributed by atoms with Gasteiger partial charge < -0.3 is 9.84 Å². The molecule has 0 bridgehead atoms. The van der Waals surface area contributed by atoms with Gasteiger partial charge in [-0.05, 0) is 30.0 Å². The monoisotopic (exact) mass is 314 g/mol. The Balaban J connectivity index is 2.41. The Morgan fingerprint density at radius 1 is 1.04 bits per heavy atom. The molecule has 0 aliphatic heterocycles. The van der Waals surface area contributed by atoms with Crippen LogP contribution in [0.25, 0.3) is 10.8 Å². The molecule has 0 fully saturated rings. The van der Waals surface area contributed by atoms with Crippen molar-refractivity contribution < 1.29 is 14.6 Å². The third-order valence-corrected chi connectivity index (χ3v) is 4.20. The van der Waals surface area contributed by atoms with Gasteiger partial charge in [-0.3, -0.25) is 0 Å². The van der Waals surface area contributed by atoms with Crippen LogP contribution in [0, 0.1) is 0 Å². The van der Waals surface area contributed by atoms with E-state index in [0.29, 0.717) is 18.6 Å². The second-order valence-corrected chi connectivity index (χ2v) is 5.98. The minimum Gasteiger partial charge on any atom is -0.463 e. The maximum Gasteiger partial charge on any atom is 0.342 e. The van der Waals surface area contributed by atoms with Gasteiger partial charge in [-0.2, -0.15) is 0 Å². The van der Waals surface area contributed by atoms with E-state index < -0.39 is 11.6 Å². The number of unbranched alkanes of at least 4 members (excludes halogenated alkanes) is 2. The van der Waals surface area contributed by atoms with Gasteiger partial charge >= 0.3 is 5.97 Å². The summed E-state index contributed by atoms with van der Waals surface area (Å²) in [5.74, 6) is -0.532. The molecule has 0 spiro atoms. The summed E-state index contributed by atoms with van der Waals surface area (Å²) in [4.78, 5) is 12.6. The number of aliphatic hydroxyl groups is 1. The van der Waals surface area contributed by atoms with E-state index in [9.17, 15) is 9.90 Å². The van der Waals surface area contributed by atoms with Crippen LogP contribution >= 0.6 is 0 Å². The number of carbonyl (C=O) groups is 1. The highest BCUT2D eigenvalue weighted by molar-refractivity contribution is 5.92. The Morgan fingerprint density at radius 2 is 1.74 bits per heavy atom. The molecule has 0 heterocycles. The van der Waals surface area contributed by atoms with Crippen molar-refractivity contribution in [1.82, 2.24) is 0 Å². The number of ether oxygens (including phenoxy) is 1. The molecule has 0 saturated carbocycles. The van der Waals surface area contributed by atoms with Crippen LogP contribution in [-0.2, 0) is 15.1 Å². The first-order chi connectivity index (χ1) is 11.1. The number of carbonyl (C=O) groups excluding carboxylic acids is 1. The molecule has 0 aliphatic carbocycles. The van der Waals surface area contributed by atoms with Crippen LogP contribution in [0.4, 0.5) is 0 Å². The summed E-state index contributed by atoms with van der Waals surface area (Å²) in [6.45, 7) is 4.45. The molecule has 124 valence electrons. The van der Waals surface area contributed by atoms with Gasteiger partial charge in [-0.25, -0.2) is 4.79 Å². The van der Waals surface area contributed by atoms with Gasteiger partial charge in [-0.15, -0.1) is 0 Å². The molecule has 0 saturated heterocycles. The highest BCUT2D eigenvalue weighted by Crippen LogP contribution is 2.34. The zero-order valence-electron chi connectivity index (χ0n) is 14.0. The molecule has 3 nitrogen and oxygen atoms in total. The van der Waals surface area contributed by atoms with Crippen LogP contribution < -0.4 is 0 Å². The minimum atomic E-state index is -1.58. The van der Waals surface area contributed by atoms with E-state index in [0.717, 1.165) is 36.5 Å². The predicted molar refractivity (Wildman–Crippen MR) is 93.2 cm³/mol. The van der Waals surface area contributed by atoms with Crippen molar-refractivity contribution in [2.24, 2.45) is 0 Å². The first kappa shape index (κ1) is 17.5. The lowest BCUT2D eigenvalue weighted by molar-refractivity contribution is -0.167. The lowest BCUT2D eigenvalue weighted by Gasteiger charge is -2.27. The van der Waals surface area contributed by atoms with E-state index >= 15 is 0 Å². The number of fused-ring (bicyclic) bond motifs is 1. The number of hydrogen-bond donors (Lipinski definition) is 1. The van der Waals surface area contributed by atoms with Crippen molar-refractivity contribution in [3.63, 3.8) is 0 Å². The molecule has 0 amide bonds. The number of hydrogen-bond acceptors (Lipinski definition) is 3. The van der Waals surface area contributed by atoms with Crippen molar-refractivity contribution in [1.29, 1.82) is 0 Å². The molecule has 2 rings (SSSR count). The van der Waals surface area contributed by atoms with E-state index in [1.807, 2.05) is 56.3 Å². The number of benzene rings is 2.